The molecule has 0 saturated carbocycles. The molecule has 2 aromatic carbocycles. The molecule has 0 heterocycles. The van der Waals surface area contributed by atoms with Crippen molar-refractivity contribution in [1.29, 1.82) is 0 Å². The molecule has 142 valence electrons. The van der Waals surface area contributed by atoms with Crippen LogP contribution in [-0.2, 0) is 13.2 Å². The molecule has 0 amide bonds. The van der Waals surface area contributed by atoms with Gasteiger partial charge in [-0.2, -0.15) is 0 Å². The molecule has 3 N–H and O–H groups in total. The number of nitrogens with one attached hydrogen (secondary N) is 2. The van der Waals surface area contributed by atoms with Crippen molar-refractivity contribution in [3.63, 3.8) is 0 Å². The van der Waals surface area contributed by atoms with Gasteiger partial charge in [0.2, 0.25) is 0 Å². The molecule has 0 radical (unpaired) electrons. The summed E-state index contributed by atoms with van der Waals surface area (Å²) in [7, 11) is 1.65. The highest BCUT2D eigenvalue weighted by atomic mass is 79.9. The Morgan fingerprint density at radius 3 is 2.42 bits per heavy atom. The highest BCUT2D eigenvalue weighted by Crippen LogP contribution is 2.36. The van der Waals surface area contributed by atoms with Gasteiger partial charge in [0.1, 0.15) is 6.61 Å². The van der Waals surface area contributed by atoms with E-state index in [-0.39, 0.29) is 6.61 Å². The van der Waals surface area contributed by atoms with Crippen molar-refractivity contribution in [2.24, 2.45) is 0 Å². The first kappa shape index (κ1) is 20.7. The van der Waals surface area contributed by atoms with Crippen LogP contribution in [0.3, 0.4) is 0 Å². The van der Waals surface area contributed by atoms with E-state index in [4.69, 9.17) is 14.6 Å². The van der Waals surface area contributed by atoms with Crippen LogP contribution in [0.25, 0.3) is 0 Å². The Balaban J connectivity index is 2.04. The van der Waals surface area contributed by atoms with Crippen molar-refractivity contribution in [1.82, 2.24) is 10.6 Å². The molecule has 0 aliphatic carbocycles. The van der Waals surface area contributed by atoms with Gasteiger partial charge < -0.3 is 25.2 Å². The second kappa shape index (κ2) is 11.2. The van der Waals surface area contributed by atoms with E-state index >= 15 is 0 Å². The third-order valence-electron chi connectivity index (χ3n) is 3.96. The average molecular weight is 423 g/mol. The Morgan fingerprint density at radius 2 is 1.73 bits per heavy atom. The Bertz CT molecular complexity index is 678. The van der Waals surface area contributed by atoms with Crippen molar-refractivity contribution >= 4 is 15.9 Å². The monoisotopic (exact) mass is 422 g/mol. The summed E-state index contributed by atoms with van der Waals surface area (Å²) >= 11 is 3.62. The van der Waals surface area contributed by atoms with E-state index in [9.17, 15) is 0 Å². The lowest BCUT2D eigenvalue weighted by Gasteiger charge is -2.17. The first-order valence-electron chi connectivity index (χ1n) is 8.71. The molecule has 0 fully saturated rings. The van der Waals surface area contributed by atoms with Crippen molar-refractivity contribution in [2.45, 2.75) is 20.1 Å². The predicted molar refractivity (Wildman–Crippen MR) is 108 cm³/mol. The number of aliphatic hydroxyl groups excluding tert-OH is 1. The Kier molecular flexibility index (Phi) is 8.91. The number of benzene rings is 2. The summed E-state index contributed by atoms with van der Waals surface area (Å²) in [5, 5.41) is 15.3. The molecule has 5 nitrogen and oxygen atoms in total. The van der Waals surface area contributed by atoms with Gasteiger partial charge in [-0.1, -0.05) is 45.8 Å². The molecule has 0 saturated heterocycles. The quantitative estimate of drug-likeness (QED) is 0.485. The highest BCUT2D eigenvalue weighted by Gasteiger charge is 2.14. The van der Waals surface area contributed by atoms with E-state index in [0.717, 1.165) is 40.2 Å². The minimum Gasteiger partial charge on any atom is -0.493 e. The van der Waals surface area contributed by atoms with Crippen LogP contribution >= 0.6 is 15.9 Å². The van der Waals surface area contributed by atoms with Gasteiger partial charge in [0, 0.05) is 36.2 Å². The lowest BCUT2D eigenvalue weighted by atomic mass is 10.1. The molecule has 2 rings (SSSR count). The second-order valence-electron chi connectivity index (χ2n) is 5.98. The van der Waals surface area contributed by atoms with Crippen LogP contribution < -0.4 is 20.1 Å². The minimum atomic E-state index is 0.151. The maximum absolute atomic E-state index is 8.78. The Hall–Kier alpha value is -1.60. The third-order valence-corrected chi connectivity index (χ3v) is 4.70. The van der Waals surface area contributed by atoms with E-state index < -0.39 is 0 Å². The van der Waals surface area contributed by atoms with Gasteiger partial charge in [0.05, 0.1) is 13.7 Å². The second-order valence-corrected chi connectivity index (χ2v) is 6.84. The molecule has 0 aliphatic rings. The van der Waals surface area contributed by atoms with Crippen molar-refractivity contribution in [3.05, 3.63) is 57.6 Å². The van der Waals surface area contributed by atoms with Crippen LogP contribution in [-0.4, -0.2) is 38.5 Å². The summed E-state index contributed by atoms with van der Waals surface area (Å²) < 4.78 is 12.6. The smallest absolute Gasteiger partial charge is 0.167 e. The molecule has 0 aromatic heterocycles. The number of hydrogen-bond donors (Lipinski definition) is 3. The minimum absolute atomic E-state index is 0.151. The molecular formula is C20H27BrN2O3. The van der Waals surface area contributed by atoms with E-state index in [1.165, 1.54) is 5.56 Å². The number of halogens is 1. The van der Waals surface area contributed by atoms with Gasteiger partial charge in [0.15, 0.2) is 11.5 Å². The standard InChI is InChI=1S/C20H27BrN2O3/c1-15-3-5-16(6-4-15)14-26-20-17(13-23-10-9-22-11-12-24)18(21)7-8-19(20)25-2/h3-8,22-24H,9-14H2,1-2H3. The van der Waals surface area contributed by atoms with E-state index in [1.807, 2.05) is 12.1 Å². The van der Waals surface area contributed by atoms with Crippen molar-refractivity contribution in [2.75, 3.05) is 33.4 Å². The van der Waals surface area contributed by atoms with Crippen LogP contribution in [0.15, 0.2) is 40.9 Å². The SMILES string of the molecule is COc1ccc(Br)c(CNCCNCCO)c1OCc1ccc(C)cc1. The van der Waals surface area contributed by atoms with E-state index in [0.29, 0.717) is 19.7 Å². The fraction of sp³-hybridized carbons (Fsp3) is 0.400. The summed E-state index contributed by atoms with van der Waals surface area (Å²) in [4.78, 5) is 0. The predicted octanol–water partition coefficient (Wildman–Crippen LogP) is 3.02. The van der Waals surface area contributed by atoms with Gasteiger partial charge in [-0.05, 0) is 24.6 Å². The van der Waals surface area contributed by atoms with Crippen LogP contribution in [0.5, 0.6) is 11.5 Å². The first-order valence-corrected chi connectivity index (χ1v) is 9.51. The Morgan fingerprint density at radius 1 is 1.00 bits per heavy atom. The van der Waals surface area contributed by atoms with Crippen molar-refractivity contribution in [3.8, 4) is 11.5 Å². The van der Waals surface area contributed by atoms with Gasteiger partial charge in [-0.25, -0.2) is 0 Å². The number of aryl methyl sites for hydroxylation is 1. The number of rotatable bonds is 11. The zero-order valence-electron chi connectivity index (χ0n) is 15.3. The fourth-order valence-corrected chi connectivity index (χ4v) is 2.95. The highest BCUT2D eigenvalue weighted by molar-refractivity contribution is 9.10. The molecule has 0 unspecified atom stereocenters. The van der Waals surface area contributed by atoms with Gasteiger partial charge in [-0.15, -0.1) is 0 Å². The zero-order chi connectivity index (χ0) is 18.8. The lowest BCUT2D eigenvalue weighted by Crippen LogP contribution is -2.29. The maximum atomic E-state index is 8.78. The van der Waals surface area contributed by atoms with Gasteiger partial charge >= 0.3 is 0 Å². The van der Waals surface area contributed by atoms with Crippen molar-refractivity contribution < 1.29 is 14.6 Å². The summed E-state index contributed by atoms with van der Waals surface area (Å²) in [6.07, 6.45) is 0. The molecule has 0 bridgehead atoms. The largest absolute Gasteiger partial charge is 0.493 e. The normalized spacial score (nSPS) is 10.8. The van der Waals surface area contributed by atoms with Crippen LogP contribution in [0, 0.1) is 6.92 Å². The molecule has 0 aliphatic heterocycles. The van der Waals surface area contributed by atoms with Crippen LogP contribution in [0.4, 0.5) is 0 Å². The fourth-order valence-electron chi connectivity index (χ4n) is 2.50. The average Bonchev–Trinajstić information content (AvgIpc) is 2.65. The molecule has 0 atom stereocenters. The molecule has 2 aromatic rings. The topological polar surface area (TPSA) is 62.8 Å². The number of ether oxygens (including phenoxy) is 2. The van der Waals surface area contributed by atoms with Gasteiger partial charge in [-0.3, -0.25) is 0 Å². The van der Waals surface area contributed by atoms with Crippen LogP contribution in [0.1, 0.15) is 16.7 Å². The third kappa shape index (κ3) is 6.29. The maximum Gasteiger partial charge on any atom is 0.167 e. The number of hydrogen-bond acceptors (Lipinski definition) is 5. The summed E-state index contributed by atoms with van der Waals surface area (Å²) in [6, 6.07) is 12.2. The first-order chi connectivity index (χ1) is 12.7. The van der Waals surface area contributed by atoms with Gasteiger partial charge in [0.25, 0.3) is 0 Å². The Labute approximate surface area is 163 Å². The summed E-state index contributed by atoms with van der Waals surface area (Å²) in [5.74, 6) is 1.47. The lowest BCUT2D eigenvalue weighted by molar-refractivity contribution is 0.280. The van der Waals surface area contributed by atoms with E-state index in [2.05, 4.69) is 57.8 Å². The summed E-state index contributed by atoms with van der Waals surface area (Å²) in [6.45, 7) is 5.55. The van der Waals surface area contributed by atoms with Crippen LogP contribution in [0.2, 0.25) is 0 Å². The molecule has 26 heavy (non-hydrogen) atoms. The van der Waals surface area contributed by atoms with E-state index in [1.54, 1.807) is 7.11 Å². The number of methoxy groups -OCH3 is 1. The molecular weight excluding hydrogens is 396 g/mol. The molecule has 0 spiro atoms. The summed E-state index contributed by atoms with van der Waals surface area (Å²) in [5.41, 5.74) is 3.37. The molecule has 6 heteroatoms. The zero-order valence-corrected chi connectivity index (χ0v) is 16.9. The number of aliphatic hydroxyl groups is 1.